The van der Waals surface area contributed by atoms with Gasteiger partial charge in [-0.3, -0.25) is 5.32 Å². The van der Waals surface area contributed by atoms with Crippen LogP contribution in [-0.4, -0.2) is 20.3 Å². The third-order valence-electron chi connectivity index (χ3n) is 1.52. The Hall–Kier alpha value is -1.71. The Balaban J connectivity index is 2.64. The molecule has 70 valence electrons. The first kappa shape index (κ1) is 9.38. The number of hydrogen-bond donors (Lipinski definition) is 1. The molecule has 0 aliphatic rings. The van der Waals surface area contributed by atoms with Gasteiger partial charge in [-0.1, -0.05) is 0 Å². The lowest BCUT2D eigenvalue weighted by atomic mass is 10.3. The second kappa shape index (κ2) is 4.35. The number of hydrogen-bond acceptors (Lipinski definition) is 3. The maximum Gasteiger partial charge on any atom is 0.411 e. The number of rotatable bonds is 2. The highest BCUT2D eigenvalue weighted by Crippen LogP contribution is 2.14. The Kier molecular flexibility index (Phi) is 3.14. The molecule has 0 aliphatic carbocycles. The molecule has 0 spiro atoms. The van der Waals surface area contributed by atoms with E-state index in [4.69, 9.17) is 4.74 Å². The summed E-state index contributed by atoms with van der Waals surface area (Å²) >= 11 is 0. The fourth-order valence-corrected chi connectivity index (χ4v) is 0.843. The van der Waals surface area contributed by atoms with Gasteiger partial charge < -0.3 is 9.47 Å². The lowest BCUT2D eigenvalue weighted by Gasteiger charge is -2.04. The van der Waals surface area contributed by atoms with Gasteiger partial charge in [0, 0.05) is 5.69 Å². The van der Waals surface area contributed by atoms with E-state index in [0.29, 0.717) is 5.69 Å². The molecule has 0 unspecified atom stereocenters. The van der Waals surface area contributed by atoms with E-state index >= 15 is 0 Å². The SMILES string of the molecule is COc1ccc(N[14C](=O)OC)cc1. The van der Waals surface area contributed by atoms with Crippen molar-refractivity contribution in [1.29, 1.82) is 0 Å². The van der Waals surface area contributed by atoms with Gasteiger partial charge in [0.1, 0.15) is 5.75 Å². The molecule has 1 aromatic rings. The molecule has 1 rings (SSSR count). The number of nitrogens with one attached hydrogen (secondary N) is 1. The van der Waals surface area contributed by atoms with Crippen LogP contribution in [0.25, 0.3) is 0 Å². The fourth-order valence-electron chi connectivity index (χ4n) is 0.843. The van der Waals surface area contributed by atoms with Crippen molar-refractivity contribution in [2.75, 3.05) is 19.5 Å². The van der Waals surface area contributed by atoms with Gasteiger partial charge >= 0.3 is 6.09 Å². The Morgan fingerprint density at radius 1 is 1.23 bits per heavy atom. The number of carbonyl (C=O) groups is 1. The molecule has 1 aromatic carbocycles. The van der Waals surface area contributed by atoms with Crippen molar-refractivity contribution in [1.82, 2.24) is 0 Å². The molecule has 1 amide bonds. The van der Waals surface area contributed by atoms with Crippen molar-refractivity contribution in [3.8, 4) is 5.75 Å². The monoisotopic (exact) mass is 183 g/mol. The average Bonchev–Trinajstić information content (AvgIpc) is 2.19. The van der Waals surface area contributed by atoms with Crippen LogP contribution in [0.1, 0.15) is 0 Å². The molecule has 13 heavy (non-hydrogen) atoms. The van der Waals surface area contributed by atoms with Crippen LogP contribution >= 0.6 is 0 Å². The van der Waals surface area contributed by atoms with Crippen LogP contribution < -0.4 is 10.1 Å². The van der Waals surface area contributed by atoms with E-state index in [0.717, 1.165) is 5.75 Å². The van der Waals surface area contributed by atoms with E-state index in [1.54, 1.807) is 31.4 Å². The number of carbonyl (C=O) groups excluding carboxylic acids is 1. The number of ether oxygens (including phenoxy) is 2. The molecular weight excluding hydrogens is 172 g/mol. The molecule has 4 nitrogen and oxygen atoms in total. The van der Waals surface area contributed by atoms with Crippen molar-refractivity contribution in [3.63, 3.8) is 0 Å². The van der Waals surface area contributed by atoms with Crippen molar-refractivity contribution in [2.45, 2.75) is 0 Å². The zero-order chi connectivity index (χ0) is 9.68. The summed E-state index contributed by atoms with van der Waals surface area (Å²) in [4.78, 5) is 10.8. The molecule has 0 aromatic heterocycles. The van der Waals surface area contributed by atoms with E-state index in [2.05, 4.69) is 10.1 Å². The second-order valence-electron chi connectivity index (χ2n) is 2.35. The third-order valence-corrected chi connectivity index (χ3v) is 1.52. The van der Waals surface area contributed by atoms with Gasteiger partial charge in [-0.05, 0) is 24.3 Å². The van der Waals surface area contributed by atoms with Gasteiger partial charge in [0.05, 0.1) is 14.2 Å². The van der Waals surface area contributed by atoms with Gasteiger partial charge in [0.15, 0.2) is 0 Å². The van der Waals surface area contributed by atoms with Crippen LogP contribution in [0.3, 0.4) is 0 Å². The molecule has 0 aliphatic heterocycles. The summed E-state index contributed by atoms with van der Waals surface area (Å²) in [5.41, 5.74) is 0.674. The van der Waals surface area contributed by atoms with Gasteiger partial charge in [-0.15, -0.1) is 0 Å². The maximum atomic E-state index is 10.8. The molecule has 0 bridgehead atoms. The highest BCUT2D eigenvalue weighted by Gasteiger charge is 1.99. The van der Waals surface area contributed by atoms with Crippen LogP contribution in [0.2, 0.25) is 0 Å². The Morgan fingerprint density at radius 2 is 1.85 bits per heavy atom. The summed E-state index contributed by atoms with van der Waals surface area (Å²) in [6.07, 6.45) is -0.481. The third kappa shape index (κ3) is 2.66. The van der Waals surface area contributed by atoms with E-state index in [1.807, 2.05) is 0 Å². The molecule has 4 heteroatoms. The number of methoxy groups -OCH3 is 2. The Morgan fingerprint density at radius 3 is 2.31 bits per heavy atom. The lowest BCUT2D eigenvalue weighted by Crippen LogP contribution is -2.10. The molecule has 0 heterocycles. The first-order valence-electron chi connectivity index (χ1n) is 3.75. The number of anilines is 1. The zero-order valence-electron chi connectivity index (χ0n) is 7.53. The van der Waals surface area contributed by atoms with E-state index in [-0.39, 0.29) is 0 Å². The van der Waals surface area contributed by atoms with Gasteiger partial charge in [0.25, 0.3) is 0 Å². The number of amides is 1. The van der Waals surface area contributed by atoms with Gasteiger partial charge in [0.2, 0.25) is 0 Å². The topological polar surface area (TPSA) is 47.6 Å². The zero-order valence-corrected chi connectivity index (χ0v) is 7.53. The van der Waals surface area contributed by atoms with Gasteiger partial charge in [-0.2, -0.15) is 0 Å². The van der Waals surface area contributed by atoms with Crippen LogP contribution in [0.15, 0.2) is 24.3 Å². The minimum atomic E-state index is -0.481. The standard InChI is InChI=1S/C9H11NO3/c1-12-8-5-3-7(4-6-8)10-9(11)13-2/h3-6H,1-2H3,(H,10,11)/i9+2. The van der Waals surface area contributed by atoms with Crippen LogP contribution in [0.4, 0.5) is 10.5 Å². The normalized spacial score (nSPS) is 9.08. The van der Waals surface area contributed by atoms with Crippen molar-refractivity contribution in [3.05, 3.63) is 24.3 Å². The average molecular weight is 183 g/mol. The summed E-state index contributed by atoms with van der Waals surface area (Å²) in [5.74, 6) is 0.746. The highest BCUT2D eigenvalue weighted by atomic mass is 16.8. The van der Waals surface area contributed by atoms with E-state index in [9.17, 15) is 4.79 Å². The largest absolute Gasteiger partial charge is 0.497 e. The van der Waals surface area contributed by atoms with E-state index in [1.165, 1.54) is 7.11 Å². The van der Waals surface area contributed by atoms with Crippen molar-refractivity contribution >= 4 is 11.8 Å². The maximum absolute atomic E-state index is 10.8. The van der Waals surface area contributed by atoms with Crippen LogP contribution in [-0.2, 0) is 4.74 Å². The Labute approximate surface area is 76.5 Å². The smallest absolute Gasteiger partial charge is 0.411 e. The van der Waals surface area contributed by atoms with Gasteiger partial charge in [-0.25, -0.2) is 4.79 Å². The molecule has 0 saturated carbocycles. The molecular formula is C9H11NO3. The Bertz CT molecular complexity index is 281. The van der Waals surface area contributed by atoms with Crippen LogP contribution in [0, 0.1) is 0 Å². The first-order chi connectivity index (χ1) is 6.26. The quantitative estimate of drug-likeness (QED) is 0.761. The summed E-state index contributed by atoms with van der Waals surface area (Å²) in [6.45, 7) is 0. The highest BCUT2D eigenvalue weighted by molar-refractivity contribution is 5.84. The number of benzene rings is 1. The lowest BCUT2D eigenvalue weighted by molar-refractivity contribution is 0.187. The molecule has 0 atom stereocenters. The van der Waals surface area contributed by atoms with Crippen molar-refractivity contribution in [2.24, 2.45) is 0 Å². The van der Waals surface area contributed by atoms with E-state index < -0.39 is 6.09 Å². The molecule has 0 radical (unpaired) electrons. The fraction of sp³-hybridized carbons (Fsp3) is 0.222. The van der Waals surface area contributed by atoms with Crippen molar-refractivity contribution < 1.29 is 14.3 Å². The minimum absolute atomic E-state index is 0.481. The summed E-state index contributed by atoms with van der Waals surface area (Å²) in [6, 6.07) is 6.97. The molecule has 0 saturated heterocycles. The predicted octanol–water partition coefficient (Wildman–Crippen LogP) is 1.87. The summed E-state index contributed by atoms with van der Waals surface area (Å²) in [5, 5.41) is 2.53. The predicted molar refractivity (Wildman–Crippen MR) is 49.0 cm³/mol. The first-order valence-corrected chi connectivity index (χ1v) is 3.75. The molecule has 0 fully saturated rings. The second-order valence-corrected chi connectivity index (χ2v) is 2.35. The summed E-state index contributed by atoms with van der Waals surface area (Å²) in [7, 11) is 2.90. The minimum Gasteiger partial charge on any atom is -0.497 e. The van der Waals surface area contributed by atoms with Crippen LogP contribution in [0.5, 0.6) is 5.75 Å². The summed E-state index contributed by atoms with van der Waals surface area (Å²) < 4.78 is 9.39. The molecule has 1 N–H and O–H groups in total.